The molecule has 1 unspecified atom stereocenters. The van der Waals surface area contributed by atoms with Gasteiger partial charge in [-0.05, 0) is 13.3 Å². The SMILES string of the molecule is CCOC1CCNC=C1N. The van der Waals surface area contributed by atoms with E-state index in [1.54, 1.807) is 0 Å². The molecule has 0 aromatic carbocycles. The quantitative estimate of drug-likeness (QED) is 0.578. The third kappa shape index (κ3) is 1.64. The monoisotopic (exact) mass is 142 g/mol. The van der Waals surface area contributed by atoms with Crippen LogP contribution in [0.15, 0.2) is 11.9 Å². The second kappa shape index (κ2) is 3.46. The van der Waals surface area contributed by atoms with E-state index in [-0.39, 0.29) is 6.10 Å². The molecule has 1 aliphatic rings. The van der Waals surface area contributed by atoms with Crippen LogP contribution in [-0.2, 0) is 4.74 Å². The van der Waals surface area contributed by atoms with E-state index in [2.05, 4.69) is 5.32 Å². The van der Waals surface area contributed by atoms with Crippen LogP contribution in [0.4, 0.5) is 0 Å². The van der Waals surface area contributed by atoms with Gasteiger partial charge in [0.1, 0.15) is 0 Å². The molecule has 1 heterocycles. The van der Waals surface area contributed by atoms with Gasteiger partial charge in [-0.15, -0.1) is 0 Å². The average Bonchev–Trinajstić information content (AvgIpc) is 1.94. The van der Waals surface area contributed by atoms with Crippen LogP contribution in [0.25, 0.3) is 0 Å². The minimum Gasteiger partial charge on any atom is -0.399 e. The summed E-state index contributed by atoms with van der Waals surface area (Å²) in [5.41, 5.74) is 6.45. The smallest absolute Gasteiger partial charge is 0.0998 e. The van der Waals surface area contributed by atoms with Gasteiger partial charge in [-0.2, -0.15) is 0 Å². The zero-order valence-electron chi connectivity index (χ0n) is 6.26. The Morgan fingerprint density at radius 2 is 2.70 bits per heavy atom. The Labute approximate surface area is 61.2 Å². The van der Waals surface area contributed by atoms with E-state index in [1.807, 2.05) is 13.1 Å². The van der Waals surface area contributed by atoms with Crippen molar-refractivity contribution in [3.05, 3.63) is 11.9 Å². The fourth-order valence-corrected chi connectivity index (χ4v) is 1.04. The Balaban J connectivity index is 2.41. The number of nitrogens with two attached hydrogens (primary N) is 1. The first-order chi connectivity index (χ1) is 4.84. The van der Waals surface area contributed by atoms with E-state index < -0.39 is 0 Å². The van der Waals surface area contributed by atoms with Crippen LogP contribution in [0.5, 0.6) is 0 Å². The molecule has 0 saturated heterocycles. The van der Waals surface area contributed by atoms with E-state index in [0.717, 1.165) is 25.3 Å². The molecular weight excluding hydrogens is 128 g/mol. The largest absolute Gasteiger partial charge is 0.399 e. The van der Waals surface area contributed by atoms with Crippen molar-refractivity contribution in [2.45, 2.75) is 19.4 Å². The number of hydrogen-bond acceptors (Lipinski definition) is 3. The van der Waals surface area contributed by atoms with Crippen molar-refractivity contribution in [1.82, 2.24) is 5.32 Å². The van der Waals surface area contributed by atoms with E-state index >= 15 is 0 Å². The molecule has 3 N–H and O–H groups in total. The summed E-state index contributed by atoms with van der Waals surface area (Å²) in [4.78, 5) is 0. The van der Waals surface area contributed by atoms with Gasteiger partial charge in [-0.3, -0.25) is 0 Å². The Morgan fingerprint density at radius 1 is 1.90 bits per heavy atom. The van der Waals surface area contributed by atoms with Gasteiger partial charge in [0, 0.05) is 19.4 Å². The highest BCUT2D eigenvalue weighted by Crippen LogP contribution is 2.07. The average molecular weight is 142 g/mol. The first-order valence-electron chi connectivity index (χ1n) is 3.65. The number of rotatable bonds is 2. The number of ether oxygens (including phenoxy) is 1. The standard InChI is InChI=1S/C7H14N2O/c1-2-10-7-3-4-9-5-6(7)8/h5,7,9H,2-4,8H2,1H3. The summed E-state index contributed by atoms with van der Waals surface area (Å²) >= 11 is 0. The molecule has 58 valence electrons. The lowest BCUT2D eigenvalue weighted by Gasteiger charge is -2.21. The predicted molar refractivity (Wildman–Crippen MR) is 40.3 cm³/mol. The molecule has 1 rings (SSSR count). The van der Waals surface area contributed by atoms with Crippen LogP contribution >= 0.6 is 0 Å². The summed E-state index contributed by atoms with van der Waals surface area (Å²) in [6.45, 7) is 3.68. The predicted octanol–water partition coefficient (Wildman–Crippen LogP) is 0.185. The molecule has 0 spiro atoms. The molecule has 3 nitrogen and oxygen atoms in total. The highest BCUT2D eigenvalue weighted by Gasteiger charge is 2.13. The van der Waals surface area contributed by atoms with E-state index in [9.17, 15) is 0 Å². The molecule has 0 radical (unpaired) electrons. The summed E-state index contributed by atoms with van der Waals surface area (Å²) < 4.78 is 5.36. The molecule has 0 bridgehead atoms. The molecule has 3 heteroatoms. The summed E-state index contributed by atoms with van der Waals surface area (Å²) in [6, 6.07) is 0. The van der Waals surface area contributed by atoms with E-state index in [0.29, 0.717) is 0 Å². The van der Waals surface area contributed by atoms with Gasteiger partial charge >= 0.3 is 0 Å². The first-order valence-corrected chi connectivity index (χ1v) is 3.65. The van der Waals surface area contributed by atoms with Crippen molar-refractivity contribution in [3.63, 3.8) is 0 Å². The lowest BCUT2D eigenvalue weighted by Crippen LogP contribution is -2.31. The molecule has 1 aliphatic heterocycles. The van der Waals surface area contributed by atoms with Crippen LogP contribution in [0.3, 0.4) is 0 Å². The summed E-state index contributed by atoms with van der Waals surface area (Å²) in [5.74, 6) is 0. The van der Waals surface area contributed by atoms with Crippen molar-refractivity contribution >= 4 is 0 Å². The van der Waals surface area contributed by atoms with Crippen molar-refractivity contribution in [3.8, 4) is 0 Å². The summed E-state index contributed by atoms with van der Waals surface area (Å²) in [5, 5.41) is 3.06. The fourth-order valence-electron chi connectivity index (χ4n) is 1.04. The summed E-state index contributed by atoms with van der Waals surface area (Å²) in [7, 11) is 0. The maximum absolute atomic E-state index is 5.64. The van der Waals surface area contributed by atoms with Gasteiger partial charge in [-0.1, -0.05) is 0 Å². The molecule has 0 amide bonds. The van der Waals surface area contributed by atoms with Gasteiger partial charge in [0.25, 0.3) is 0 Å². The molecule has 0 aromatic rings. The van der Waals surface area contributed by atoms with Crippen LogP contribution in [-0.4, -0.2) is 19.3 Å². The van der Waals surface area contributed by atoms with Crippen LogP contribution in [0.2, 0.25) is 0 Å². The Kier molecular flexibility index (Phi) is 2.57. The molecular formula is C7H14N2O. The lowest BCUT2D eigenvalue weighted by molar-refractivity contribution is 0.0778. The van der Waals surface area contributed by atoms with Crippen molar-refractivity contribution < 1.29 is 4.74 Å². The van der Waals surface area contributed by atoms with E-state index in [1.165, 1.54) is 0 Å². The number of nitrogens with one attached hydrogen (secondary N) is 1. The van der Waals surface area contributed by atoms with Gasteiger partial charge in [0.2, 0.25) is 0 Å². The van der Waals surface area contributed by atoms with Gasteiger partial charge < -0.3 is 15.8 Å². The minimum atomic E-state index is 0.145. The van der Waals surface area contributed by atoms with E-state index in [4.69, 9.17) is 10.5 Å². The number of hydrogen-bond donors (Lipinski definition) is 2. The summed E-state index contributed by atoms with van der Waals surface area (Å²) in [6.07, 6.45) is 2.95. The topological polar surface area (TPSA) is 47.3 Å². The Bertz CT molecular complexity index is 134. The van der Waals surface area contributed by atoms with Crippen LogP contribution in [0.1, 0.15) is 13.3 Å². The second-order valence-corrected chi connectivity index (χ2v) is 2.33. The maximum Gasteiger partial charge on any atom is 0.0998 e. The lowest BCUT2D eigenvalue weighted by atomic mass is 10.1. The highest BCUT2D eigenvalue weighted by atomic mass is 16.5. The Hall–Kier alpha value is -0.700. The van der Waals surface area contributed by atoms with Gasteiger partial charge in [-0.25, -0.2) is 0 Å². The molecule has 0 fully saturated rings. The molecule has 0 aliphatic carbocycles. The minimum absolute atomic E-state index is 0.145. The van der Waals surface area contributed by atoms with Gasteiger partial charge in [0.15, 0.2) is 0 Å². The Morgan fingerprint density at radius 3 is 3.30 bits per heavy atom. The normalized spacial score (nSPS) is 25.3. The maximum atomic E-state index is 5.64. The zero-order valence-corrected chi connectivity index (χ0v) is 6.26. The van der Waals surface area contributed by atoms with Crippen molar-refractivity contribution in [1.29, 1.82) is 0 Å². The third-order valence-corrected chi connectivity index (χ3v) is 1.56. The molecule has 0 saturated carbocycles. The fraction of sp³-hybridized carbons (Fsp3) is 0.714. The first kappa shape index (κ1) is 7.41. The molecule has 1 atom stereocenters. The van der Waals surface area contributed by atoms with Crippen molar-refractivity contribution in [2.24, 2.45) is 5.73 Å². The molecule has 10 heavy (non-hydrogen) atoms. The third-order valence-electron chi connectivity index (χ3n) is 1.56. The van der Waals surface area contributed by atoms with Crippen molar-refractivity contribution in [2.75, 3.05) is 13.2 Å². The van der Waals surface area contributed by atoms with Crippen LogP contribution < -0.4 is 11.1 Å². The highest BCUT2D eigenvalue weighted by molar-refractivity contribution is 5.05. The van der Waals surface area contributed by atoms with Gasteiger partial charge in [0.05, 0.1) is 11.8 Å². The van der Waals surface area contributed by atoms with Crippen LogP contribution in [0, 0.1) is 0 Å². The zero-order chi connectivity index (χ0) is 7.40. The second-order valence-electron chi connectivity index (χ2n) is 2.33. The molecule has 0 aromatic heterocycles.